The molecule has 0 aromatic carbocycles. The summed E-state index contributed by atoms with van der Waals surface area (Å²) in [6, 6.07) is 3.27. The Morgan fingerprint density at radius 1 is 1.63 bits per heavy atom. The van der Waals surface area contributed by atoms with Gasteiger partial charge in [-0.1, -0.05) is 6.08 Å². The molecule has 1 unspecified atom stereocenters. The van der Waals surface area contributed by atoms with Gasteiger partial charge in [-0.2, -0.15) is 0 Å². The second-order valence-corrected chi connectivity index (χ2v) is 4.44. The van der Waals surface area contributed by atoms with Gasteiger partial charge >= 0.3 is 5.97 Å². The molecule has 1 rings (SSSR count). The zero-order valence-electron chi connectivity index (χ0n) is 10.9. The standard InChI is InChI=1S/C13H16N2O3S/c1-4-7-14-11(16)9(2)18-13(17)10-6-5-8-15-12(10)19-3/h4-6,8-9H,1,7H2,2-3H3,(H,14,16). The van der Waals surface area contributed by atoms with Crippen LogP contribution in [0.3, 0.4) is 0 Å². The van der Waals surface area contributed by atoms with Crippen molar-refractivity contribution in [2.45, 2.75) is 18.1 Å². The zero-order chi connectivity index (χ0) is 14.3. The Balaban J connectivity index is 2.68. The molecule has 1 heterocycles. The number of aromatic nitrogens is 1. The normalized spacial score (nSPS) is 11.5. The molecule has 1 aromatic rings. The smallest absolute Gasteiger partial charge is 0.341 e. The van der Waals surface area contributed by atoms with Gasteiger partial charge in [0.25, 0.3) is 5.91 Å². The van der Waals surface area contributed by atoms with Gasteiger partial charge in [-0.15, -0.1) is 18.3 Å². The maximum absolute atomic E-state index is 11.9. The number of ether oxygens (including phenoxy) is 1. The number of nitrogens with zero attached hydrogens (tertiary/aromatic N) is 1. The first kappa shape index (κ1) is 15.2. The topological polar surface area (TPSA) is 68.3 Å². The molecule has 0 aliphatic carbocycles. The van der Waals surface area contributed by atoms with E-state index in [0.717, 1.165) is 0 Å². The van der Waals surface area contributed by atoms with Gasteiger partial charge in [-0.25, -0.2) is 9.78 Å². The average molecular weight is 280 g/mol. The van der Waals surface area contributed by atoms with Crippen molar-refractivity contribution in [1.29, 1.82) is 0 Å². The molecule has 0 saturated heterocycles. The molecule has 1 aromatic heterocycles. The van der Waals surface area contributed by atoms with E-state index in [1.165, 1.54) is 18.7 Å². The van der Waals surface area contributed by atoms with E-state index < -0.39 is 12.1 Å². The maximum Gasteiger partial charge on any atom is 0.341 e. The molecule has 0 spiro atoms. The molecule has 0 aliphatic rings. The minimum absolute atomic E-state index is 0.337. The second-order valence-electron chi connectivity index (χ2n) is 3.64. The fraction of sp³-hybridized carbons (Fsp3) is 0.308. The van der Waals surface area contributed by atoms with Gasteiger partial charge in [0, 0.05) is 12.7 Å². The van der Waals surface area contributed by atoms with Gasteiger partial charge in [0.1, 0.15) is 5.03 Å². The first-order valence-corrected chi connectivity index (χ1v) is 6.91. The molecule has 0 saturated carbocycles. The summed E-state index contributed by atoms with van der Waals surface area (Å²) in [5.41, 5.74) is 0.360. The SMILES string of the molecule is C=CCNC(=O)C(C)OC(=O)c1cccnc1SC. The Bertz CT molecular complexity index is 477. The molecule has 0 fully saturated rings. The van der Waals surface area contributed by atoms with Gasteiger partial charge in [0.2, 0.25) is 0 Å². The van der Waals surface area contributed by atoms with Crippen LogP contribution in [0.2, 0.25) is 0 Å². The van der Waals surface area contributed by atoms with Crippen molar-refractivity contribution < 1.29 is 14.3 Å². The van der Waals surface area contributed by atoms with Crippen LogP contribution in [0.4, 0.5) is 0 Å². The second kappa shape index (κ2) is 7.58. The van der Waals surface area contributed by atoms with Crippen LogP contribution in [-0.2, 0) is 9.53 Å². The molecule has 0 radical (unpaired) electrons. The predicted octanol–water partition coefficient (Wildman–Crippen LogP) is 1.65. The lowest BCUT2D eigenvalue weighted by Gasteiger charge is -2.13. The van der Waals surface area contributed by atoms with Crippen molar-refractivity contribution in [2.24, 2.45) is 0 Å². The third-order valence-corrected chi connectivity index (χ3v) is 2.97. The highest BCUT2D eigenvalue weighted by Crippen LogP contribution is 2.18. The Morgan fingerprint density at radius 2 is 2.37 bits per heavy atom. The molecule has 1 amide bonds. The highest BCUT2D eigenvalue weighted by Gasteiger charge is 2.20. The molecular weight excluding hydrogens is 264 g/mol. The molecule has 0 aliphatic heterocycles. The predicted molar refractivity (Wildman–Crippen MR) is 74.1 cm³/mol. The van der Waals surface area contributed by atoms with Crippen LogP contribution >= 0.6 is 11.8 Å². The van der Waals surface area contributed by atoms with E-state index in [2.05, 4.69) is 16.9 Å². The van der Waals surface area contributed by atoms with Crippen LogP contribution in [0.25, 0.3) is 0 Å². The highest BCUT2D eigenvalue weighted by atomic mass is 32.2. The van der Waals surface area contributed by atoms with E-state index in [1.807, 2.05) is 6.26 Å². The average Bonchev–Trinajstić information content (AvgIpc) is 2.44. The first-order chi connectivity index (χ1) is 9.10. The van der Waals surface area contributed by atoms with Gasteiger partial charge in [-0.3, -0.25) is 4.79 Å². The molecule has 19 heavy (non-hydrogen) atoms. The number of hydrogen-bond donors (Lipinski definition) is 1. The van der Waals surface area contributed by atoms with E-state index in [-0.39, 0.29) is 5.91 Å². The Morgan fingerprint density at radius 3 is 3.00 bits per heavy atom. The number of carbonyl (C=O) groups excluding carboxylic acids is 2. The molecule has 102 valence electrons. The number of hydrogen-bond acceptors (Lipinski definition) is 5. The number of amides is 1. The van der Waals surface area contributed by atoms with Gasteiger partial charge in [-0.05, 0) is 25.3 Å². The van der Waals surface area contributed by atoms with E-state index in [1.54, 1.807) is 24.4 Å². The molecule has 6 heteroatoms. The quantitative estimate of drug-likeness (QED) is 0.487. The van der Waals surface area contributed by atoms with Crippen molar-refractivity contribution in [1.82, 2.24) is 10.3 Å². The molecule has 1 atom stereocenters. The Labute approximate surface area is 116 Å². The fourth-order valence-corrected chi connectivity index (χ4v) is 1.84. The van der Waals surface area contributed by atoms with Gasteiger partial charge in [0.05, 0.1) is 5.56 Å². The lowest BCUT2D eigenvalue weighted by molar-refractivity contribution is -0.128. The first-order valence-electron chi connectivity index (χ1n) is 5.68. The summed E-state index contributed by atoms with van der Waals surface area (Å²) in [5, 5.41) is 3.14. The number of carbonyl (C=O) groups is 2. The number of thioether (sulfide) groups is 1. The Hall–Kier alpha value is -1.82. The van der Waals surface area contributed by atoms with E-state index in [4.69, 9.17) is 4.74 Å². The molecular formula is C13H16N2O3S. The van der Waals surface area contributed by atoms with E-state index in [9.17, 15) is 9.59 Å². The summed E-state index contributed by atoms with van der Waals surface area (Å²) in [5.74, 6) is -0.915. The van der Waals surface area contributed by atoms with E-state index in [0.29, 0.717) is 17.1 Å². The molecule has 5 nitrogen and oxygen atoms in total. The Kier molecular flexibility index (Phi) is 6.08. The number of esters is 1. The summed E-state index contributed by atoms with van der Waals surface area (Å²) < 4.78 is 5.10. The minimum Gasteiger partial charge on any atom is -0.449 e. The summed E-state index contributed by atoms with van der Waals surface area (Å²) >= 11 is 1.35. The highest BCUT2D eigenvalue weighted by molar-refractivity contribution is 7.98. The van der Waals surface area contributed by atoms with Crippen LogP contribution in [0, 0.1) is 0 Å². The van der Waals surface area contributed by atoms with Crippen molar-refractivity contribution in [3.8, 4) is 0 Å². The van der Waals surface area contributed by atoms with E-state index >= 15 is 0 Å². The van der Waals surface area contributed by atoms with Crippen molar-refractivity contribution >= 4 is 23.6 Å². The summed E-state index contributed by atoms with van der Waals surface area (Å²) in [4.78, 5) is 27.6. The summed E-state index contributed by atoms with van der Waals surface area (Å²) in [6.07, 6.45) is 4.11. The largest absolute Gasteiger partial charge is 0.449 e. The van der Waals surface area contributed by atoms with Crippen molar-refractivity contribution in [3.63, 3.8) is 0 Å². The van der Waals surface area contributed by atoms with Crippen LogP contribution < -0.4 is 5.32 Å². The van der Waals surface area contributed by atoms with Crippen LogP contribution in [-0.4, -0.2) is 35.8 Å². The fourth-order valence-electron chi connectivity index (χ4n) is 1.30. The lowest BCUT2D eigenvalue weighted by Crippen LogP contribution is -2.35. The number of pyridine rings is 1. The zero-order valence-corrected chi connectivity index (χ0v) is 11.7. The van der Waals surface area contributed by atoms with Crippen LogP contribution in [0.5, 0.6) is 0 Å². The van der Waals surface area contributed by atoms with Crippen molar-refractivity contribution in [2.75, 3.05) is 12.8 Å². The lowest BCUT2D eigenvalue weighted by atomic mass is 10.3. The van der Waals surface area contributed by atoms with Crippen LogP contribution in [0.15, 0.2) is 36.0 Å². The summed E-state index contributed by atoms with van der Waals surface area (Å²) in [7, 11) is 0. The molecule has 1 N–H and O–H groups in total. The van der Waals surface area contributed by atoms with Gasteiger partial charge < -0.3 is 10.1 Å². The minimum atomic E-state index is -0.859. The third-order valence-electron chi connectivity index (χ3n) is 2.26. The monoisotopic (exact) mass is 280 g/mol. The number of nitrogens with one attached hydrogen (secondary N) is 1. The van der Waals surface area contributed by atoms with Gasteiger partial charge in [0.15, 0.2) is 6.10 Å². The maximum atomic E-state index is 11.9. The van der Waals surface area contributed by atoms with Crippen LogP contribution in [0.1, 0.15) is 17.3 Å². The van der Waals surface area contributed by atoms with Crippen molar-refractivity contribution in [3.05, 3.63) is 36.5 Å². The summed E-state index contributed by atoms with van der Waals surface area (Å²) in [6.45, 7) is 5.35. The molecule has 0 bridgehead atoms. The number of rotatable bonds is 6. The third kappa shape index (κ3) is 4.40.